The quantitative estimate of drug-likeness (QED) is 0.0261. The molecule has 0 aromatic heterocycles. The Hall–Kier alpha value is -1.85. The Morgan fingerprint density at radius 1 is 0.229 bits per heavy atom. The fraction of sp³-hybridized carbons (Fsp3) is 0.935. The monoisotopic (exact) mass is 1170 g/mol. The number of hydrogen-bond acceptors (Lipinski definition) is 6. The number of esters is 3. The Morgan fingerprint density at radius 2 is 0.398 bits per heavy atom. The fourth-order valence-electron chi connectivity index (χ4n) is 12.0. The van der Waals surface area contributed by atoms with Crippen LogP contribution < -0.4 is 0 Å². The van der Waals surface area contributed by atoms with Crippen molar-refractivity contribution < 1.29 is 28.6 Å². The summed E-state index contributed by atoms with van der Waals surface area (Å²) in [5, 5.41) is 0. The lowest BCUT2D eigenvalue weighted by Crippen LogP contribution is -2.30. The largest absolute Gasteiger partial charge is 0.462 e. The van der Waals surface area contributed by atoms with E-state index in [1.807, 2.05) is 0 Å². The molecule has 6 nitrogen and oxygen atoms in total. The Morgan fingerprint density at radius 3 is 0.602 bits per heavy atom. The second-order valence-corrected chi connectivity index (χ2v) is 26.3. The lowest BCUT2D eigenvalue weighted by atomic mass is 10.0. The van der Waals surface area contributed by atoms with Crippen molar-refractivity contribution >= 4 is 17.9 Å². The molecule has 0 heterocycles. The van der Waals surface area contributed by atoms with Gasteiger partial charge in [0.25, 0.3) is 0 Å². The zero-order valence-electron chi connectivity index (χ0n) is 56.8. The van der Waals surface area contributed by atoms with Gasteiger partial charge in [-0.25, -0.2) is 0 Å². The first-order valence-corrected chi connectivity index (χ1v) is 38.2. The maximum atomic E-state index is 13.0. The Labute approximate surface area is 520 Å². The standard InChI is InChI=1S/C77H148O6/c1-4-7-10-13-16-19-22-25-28-31-34-35-36-37-38-39-40-41-42-44-46-49-52-55-58-61-64-67-70-76(79)82-73-74(72-81-75(78)69-66-63-60-57-54-51-48-45-33-30-27-24-21-18-15-12-9-6-3)83-77(80)71-68-65-62-59-56-53-50-47-43-32-29-26-23-20-17-14-11-8-5-2/h26,29,74H,4-25,27-28,30-73H2,1-3H3/b29-26-. The number of rotatable bonds is 72. The van der Waals surface area contributed by atoms with Crippen LogP contribution in [-0.4, -0.2) is 37.2 Å². The van der Waals surface area contributed by atoms with Gasteiger partial charge in [-0.3, -0.25) is 14.4 Å². The van der Waals surface area contributed by atoms with E-state index in [0.29, 0.717) is 19.3 Å². The van der Waals surface area contributed by atoms with E-state index in [-0.39, 0.29) is 31.1 Å². The van der Waals surface area contributed by atoms with Gasteiger partial charge < -0.3 is 14.2 Å². The highest BCUT2D eigenvalue weighted by atomic mass is 16.6. The number of allylic oxidation sites excluding steroid dienone is 2. The number of hydrogen-bond donors (Lipinski definition) is 0. The van der Waals surface area contributed by atoms with Gasteiger partial charge in [-0.1, -0.05) is 392 Å². The average molecular weight is 1170 g/mol. The molecule has 0 saturated heterocycles. The predicted octanol–water partition coefficient (Wildman–Crippen LogP) is 26.3. The van der Waals surface area contributed by atoms with E-state index < -0.39 is 6.10 Å². The fourth-order valence-corrected chi connectivity index (χ4v) is 12.0. The third-order valence-electron chi connectivity index (χ3n) is 17.8. The van der Waals surface area contributed by atoms with Crippen LogP contribution in [0.25, 0.3) is 0 Å². The van der Waals surface area contributed by atoms with Gasteiger partial charge in [-0.05, 0) is 44.9 Å². The molecule has 0 spiro atoms. The molecular formula is C77H148O6. The summed E-state index contributed by atoms with van der Waals surface area (Å²) < 4.78 is 17.1. The van der Waals surface area contributed by atoms with Gasteiger partial charge in [0.2, 0.25) is 0 Å². The van der Waals surface area contributed by atoms with Gasteiger partial charge >= 0.3 is 17.9 Å². The highest BCUT2D eigenvalue weighted by Gasteiger charge is 2.20. The average Bonchev–Trinajstić information content (AvgIpc) is 3.50. The second kappa shape index (κ2) is 72.6. The van der Waals surface area contributed by atoms with Crippen LogP contribution in [0.15, 0.2) is 12.2 Å². The minimum atomic E-state index is -0.768. The molecule has 0 aromatic carbocycles. The summed E-state index contributed by atoms with van der Waals surface area (Å²) in [5.74, 6) is -0.825. The van der Waals surface area contributed by atoms with Crippen LogP contribution in [0.5, 0.6) is 0 Å². The van der Waals surface area contributed by atoms with Crippen LogP contribution in [0.1, 0.15) is 445 Å². The Balaban J connectivity index is 4.21. The van der Waals surface area contributed by atoms with Crippen LogP contribution in [0, 0.1) is 0 Å². The van der Waals surface area contributed by atoms with Gasteiger partial charge in [0.15, 0.2) is 6.10 Å². The summed E-state index contributed by atoms with van der Waals surface area (Å²) in [5.41, 5.74) is 0. The van der Waals surface area contributed by atoms with Crippen molar-refractivity contribution in [3.05, 3.63) is 12.2 Å². The van der Waals surface area contributed by atoms with Crippen molar-refractivity contribution in [2.75, 3.05) is 13.2 Å². The molecule has 492 valence electrons. The first-order valence-electron chi connectivity index (χ1n) is 38.2. The lowest BCUT2D eigenvalue weighted by Gasteiger charge is -2.18. The third kappa shape index (κ3) is 70.8. The zero-order valence-corrected chi connectivity index (χ0v) is 56.8. The minimum Gasteiger partial charge on any atom is -0.462 e. The van der Waals surface area contributed by atoms with Crippen LogP contribution in [0.3, 0.4) is 0 Å². The van der Waals surface area contributed by atoms with Crippen molar-refractivity contribution in [3.8, 4) is 0 Å². The molecule has 83 heavy (non-hydrogen) atoms. The molecular weight excluding hydrogens is 1020 g/mol. The van der Waals surface area contributed by atoms with Crippen LogP contribution in [0.2, 0.25) is 0 Å². The maximum absolute atomic E-state index is 13.0. The molecule has 0 rings (SSSR count). The Bertz CT molecular complexity index is 1300. The summed E-state index contributed by atoms with van der Waals surface area (Å²) in [4.78, 5) is 38.5. The molecule has 6 heteroatoms. The SMILES string of the molecule is CCCCCCCC/C=C\CCCCCCCCCCCC(=O)OC(COC(=O)CCCCCCCCCCCCCCCCCCCC)COC(=O)CCCCCCCCCCCCCCCCCCCCCCCCCCCCCC. The van der Waals surface area contributed by atoms with E-state index >= 15 is 0 Å². The first kappa shape index (κ1) is 81.2. The van der Waals surface area contributed by atoms with E-state index in [0.717, 1.165) is 57.8 Å². The molecule has 0 amide bonds. The first-order chi connectivity index (χ1) is 41.0. The molecule has 0 aliphatic heterocycles. The third-order valence-corrected chi connectivity index (χ3v) is 17.8. The molecule has 0 saturated carbocycles. The molecule has 0 aliphatic rings. The Kier molecular flexibility index (Phi) is 71.0. The van der Waals surface area contributed by atoms with E-state index in [9.17, 15) is 14.4 Å². The number of unbranched alkanes of at least 4 members (excludes halogenated alkanes) is 59. The second-order valence-electron chi connectivity index (χ2n) is 26.3. The normalized spacial score (nSPS) is 12.0. The molecule has 0 aromatic rings. The van der Waals surface area contributed by atoms with Crippen LogP contribution in [-0.2, 0) is 28.6 Å². The summed E-state index contributed by atoms with van der Waals surface area (Å²) >= 11 is 0. The smallest absolute Gasteiger partial charge is 0.306 e. The number of carbonyl (C=O) groups is 3. The minimum absolute atomic E-state index is 0.0634. The van der Waals surface area contributed by atoms with Crippen molar-refractivity contribution in [2.45, 2.75) is 451 Å². The van der Waals surface area contributed by atoms with E-state index in [2.05, 4.69) is 32.9 Å². The van der Waals surface area contributed by atoms with Gasteiger partial charge in [-0.15, -0.1) is 0 Å². The van der Waals surface area contributed by atoms with E-state index in [1.54, 1.807) is 0 Å². The van der Waals surface area contributed by atoms with Crippen LogP contribution in [0.4, 0.5) is 0 Å². The van der Waals surface area contributed by atoms with Crippen molar-refractivity contribution in [1.29, 1.82) is 0 Å². The van der Waals surface area contributed by atoms with Gasteiger partial charge in [-0.2, -0.15) is 0 Å². The lowest BCUT2D eigenvalue weighted by molar-refractivity contribution is -0.167. The van der Waals surface area contributed by atoms with E-state index in [4.69, 9.17) is 14.2 Å². The van der Waals surface area contributed by atoms with Gasteiger partial charge in [0.1, 0.15) is 13.2 Å². The van der Waals surface area contributed by atoms with Gasteiger partial charge in [0.05, 0.1) is 0 Å². The molecule has 0 N–H and O–H groups in total. The van der Waals surface area contributed by atoms with Crippen LogP contribution >= 0.6 is 0 Å². The molecule has 1 atom stereocenters. The molecule has 0 aliphatic carbocycles. The zero-order chi connectivity index (χ0) is 59.9. The summed E-state index contributed by atoms with van der Waals surface area (Å²) in [6.07, 6.45) is 88.3. The maximum Gasteiger partial charge on any atom is 0.306 e. The highest BCUT2D eigenvalue weighted by molar-refractivity contribution is 5.71. The highest BCUT2D eigenvalue weighted by Crippen LogP contribution is 2.20. The van der Waals surface area contributed by atoms with E-state index in [1.165, 1.54) is 347 Å². The topological polar surface area (TPSA) is 78.9 Å². The predicted molar refractivity (Wildman–Crippen MR) is 363 cm³/mol. The molecule has 0 fully saturated rings. The number of ether oxygens (including phenoxy) is 3. The molecule has 0 bridgehead atoms. The molecule has 1 unspecified atom stereocenters. The summed E-state index contributed by atoms with van der Waals surface area (Å²) in [6.45, 7) is 6.74. The van der Waals surface area contributed by atoms with Crippen molar-refractivity contribution in [2.24, 2.45) is 0 Å². The summed E-state index contributed by atoms with van der Waals surface area (Å²) in [6, 6.07) is 0. The molecule has 0 radical (unpaired) electrons. The van der Waals surface area contributed by atoms with Crippen molar-refractivity contribution in [3.63, 3.8) is 0 Å². The number of carbonyl (C=O) groups excluding carboxylic acids is 3. The van der Waals surface area contributed by atoms with Gasteiger partial charge in [0, 0.05) is 19.3 Å². The van der Waals surface area contributed by atoms with Crippen molar-refractivity contribution in [1.82, 2.24) is 0 Å². The summed E-state index contributed by atoms with van der Waals surface area (Å²) in [7, 11) is 0.